The Morgan fingerprint density at radius 3 is 2.62 bits per heavy atom. The molecule has 1 atom stereocenters. The zero-order valence-corrected chi connectivity index (χ0v) is 17.8. The Balaban J connectivity index is 0.00000288. The molecule has 7 heteroatoms. The largest absolute Gasteiger partial charge is 0.486 e. The molecule has 1 aliphatic heterocycles. The van der Waals surface area contributed by atoms with E-state index in [0.29, 0.717) is 48.2 Å². The van der Waals surface area contributed by atoms with Crippen LogP contribution >= 0.6 is 35.6 Å². The van der Waals surface area contributed by atoms with Crippen LogP contribution in [-0.2, 0) is 6.54 Å². The summed E-state index contributed by atoms with van der Waals surface area (Å²) in [5.41, 5.74) is 0.994. The van der Waals surface area contributed by atoms with Gasteiger partial charge in [-0.05, 0) is 37.5 Å². The van der Waals surface area contributed by atoms with Crippen molar-refractivity contribution >= 4 is 41.5 Å². The van der Waals surface area contributed by atoms with Crippen molar-refractivity contribution < 1.29 is 9.47 Å². The summed E-state index contributed by atoms with van der Waals surface area (Å²) in [6.07, 6.45) is 0. The third-order valence-corrected chi connectivity index (χ3v) is 4.07. The standard InChI is InChI=1S/C17H26ClN3O2.HI/c1-5-19-17(21-12(4)11(2)3)20-10-13-8-14(18)16-15(9-13)22-6-7-23-16;/h8-9,11-12H,5-7,10H2,1-4H3,(H2,19,20,21);1H. The molecule has 136 valence electrons. The minimum atomic E-state index is 0. The van der Waals surface area contributed by atoms with Gasteiger partial charge in [-0.2, -0.15) is 0 Å². The molecule has 0 bridgehead atoms. The van der Waals surface area contributed by atoms with E-state index in [1.54, 1.807) is 0 Å². The van der Waals surface area contributed by atoms with Crippen molar-refractivity contribution in [2.24, 2.45) is 10.9 Å². The van der Waals surface area contributed by atoms with Crippen molar-refractivity contribution in [3.8, 4) is 11.5 Å². The minimum absolute atomic E-state index is 0. The zero-order valence-electron chi connectivity index (χ0n) is 14.7. The smallest absolute Gasteiger partial charge is 0.191 e. The Labute approximate surface area is 166 Å². The van der Waals surface area contributed by atoms with Crippen LogP contribution in [0.25, 0.3) is 0 Å². The Bertz CT molecular complexity index is 567. The van der Waals surface area contributed by atoms with Gasteiger partial charge in [0.05, 0.1) is 11.6 Å². The van der Waals surface area contributed by atoms with Gasteiger partial charge in [0.1, 0.15) is 13.2 Å². The average molecular weight is 468 g/mol. The van der Waals surface area contributed by atoms with Crippen LogP contribution in [0.15, 0.2) is 17.1 Å². The van der Waals surface area contributed by atoms with Crippen LogP contribution < -0.4 is 20.1 Å². The molecule has 24 heavy (non-hydrogen) atoms. The number of aliphatic imine (C=N–C) groups is 1. The molecular formula is C17H27ClIN3O2. The summed E-state index contributed by atoms with van der Waals surface area (Å²) in [4.78, 5) is 4.64. The number of hydrogen-bond donors (Lipinski definition) is 2. The van der Waals surface area contributed by atoms with Gasteiger partial charge in [0, 0.05) is 12.6 Å². The molecule has 1 aromatic rings. The number of halogens is 2. The van der Waals surface area contributed by atoms with Gasteiger partial charge in [0.25, 0.3) is 0 Å². The lowest BCUT2D eigenvalue weighted by Crippen LogP contribution is -2.44. The topological polar surface area (TPSA) is 54.9 Å². The average Bonchev–Trinajstić information content (AvgIpc) is 2.52. The molecule has 1 unspecified atom stereocenters. The number of ether oxygens (including phenoxy) is 2. The predicted molar refractivity (Wildman–Crippen MR) is 110 cm³/mol. The predicted octanol–water partition coefficient (Wildman–Crippen LogP) is 3.83. The fourth-order valence-electron chi connectivity index (χ4n) is 2.13. The molecule has 0 amide bonds. The fourth-order valence-corrected chi connectivity index (χ4v) is 2.42. The van der Waals surface area contributed by atoms with Gasteiger partial charge in [-0.3, -0.25) is 0 Å². The Hall–Kier alpha value is -0.890. The zero-order chi connectivity index (χ0) is 16.8. The fraction of sp³-hybridized carbons (Fsp3) is 0.588. The van der Waals surface area contributed by atoms with Gasteiger partial charge in [0.2, 0.25) is 0 Å². The van der Waals surface area contributed by atoms with Gasteiger partial charge in [-0.15, -0.1) is 24.0 Å². The summed E-state index contributed by atoms with van der Waals surface area (Å²) in [5.74, 6) is 2.66. The molecular weight excluding hydrogens is 441 g/mol. The second-order valence-corrected chi connectivity index (χ2v) is 6.38. The van der Waals surface area contributed by atoms with E-state index in [1.807, 2.05) is 12.1 Å². The first-order valence-electron chi connectivity index (χ1n) is 8.14. The monoisotopic (exact) mass is 467 g/mol. The van der Waals surface area contributed by atoms with Crippen LogP contribution in [-0.4, -0.2) is 31.8 Å². The van der Waals surface area contributed by atoms with E-state index < -0.39 is 0 Å². The number of nitrogens with zero attached hydrogens (tertiary/aromatic N) is 1. The normalized spacial score (nSPS) is 14.8. The van der Waals surface area contributed by atoms with Gasteiger partial charge < -0.3 is 20.1 Å². The highest BCUT2D eigenvalue weighted by atomic mass is 127. The lowest BCUT2D eigenvalue weighted by molar-refractivity contribution is 0.171. The second-order valence-electron chi connectivity index (χ2n) is 5.97. The van der Waals surface area contributed by atoms with Crippen molar-refractivity contribution in [1.29, 1.82) is 0 Å². The van der Waals surface area contributed by atoms with Gasteiger partial charge >= 0.3 is 0 Å². The molecule has 0 radical (unpaired) electrons. The van der Waals surface area contributed by atoms with E-state index in [4.69, 9.17) is 21.1 Å². The third-order valence-electron chi connectivity index (χ3n) is 3.78. The van der Waals surface area contributed by atoms with Crippen LogP contribution in [0.5, 0.6) is 11.5 Å². The first-order chi connectivity index (χ1) is 11.0. The highest BCUT2D eigenvalue weighted by Crippen LogP contribution is 2.38. The van der Waals surface area contributed by atoms with Crippen molar-refractivity contribution in [3.05, 3.63) is 22.7 Å². The lowest BCUT2D eigenvalue weighted by atomic mass is 10.1. The number of hydrogen-bond acceptors (Lipinski definition) is 3. The molecule has 1 aliphatic rings. The quantitative estimate of drug-likeness (QED) is 0.393. The maximum Gasteiger partial charge on any atom is 0.191 e. The van der Waals surface area contributed by atoms with E-state index in [0.717, 1.165) is 18.1 Å². The Kier molecular flexibility index (Phi) is 8.97. The van der Waals surface area contributed by atoms with Gasteiger partial charge in [-0.1, -0.05) is 25.4 Å². The number of rotatable bonds is 5. The van der Waals surface area contributed by atoms with Gasteiger partial charge in [-0.25, -0.2) is 4.99 Å². The van der Waals surface area contributed by atoms with Crippen LogP contribution in [0.3, 0.4) is 0 Å². The molecule has 0 saturated carbocycles. The summed E-state index contributed by atoms with van der Waals surface area (Å²) in [5, 5.41) is 7.25. The number of benzene rings is 1. The molecule has 0 fully saturated rings. The molecule has 1 aromatic carbocycles. The van der Waals surface area contributed by atoms with E-state index in [-0.39, 0.29) is 24.0 Å². The first-order valence-corrected chi connectivity index (χ1v) is 8.52. The molecule has 0 aliphatic carbocycles. The van der Waals surface area contributed by atoms with Crippen molar-refractivity contribution in [2.75, 3.05) is 19.8 Å². The summed E-state index contributed by atoms with van der Waals surface area (Å²) in [7, 11) is 0. The molecule has 2 rings (SSSR count). The molecule has 0 spiro atoms. The Morgan fingerprint density at radius 2 is 1.96 bits per heavy atom. The summed E-state index contributed by atoms with van der Waals surface area (Å²) < 4.78 is 11.1. The van der Waals surface area contributed by atoms with Crippen LogP contribution in [0.1, 0.15) is 33.3 Å². The van der Waals surface area contributed by atoms with Crippen molar-refractivity contribution in [2.45, 2.75) is 40.3 Å². The number of guanidine groups is 1. The van der Waals surface area contributed by atoms with Crippen LogP contribution in [0.2, 0.25) is 5.02 Å². The van der Waals surface area contributed by atoms with E-state index in [1.165, 1.54) is 0 Å². The third kappa shape index (κ3) is 5.88. The second kappa shape index (κ2) is 10.2. The first kappa shape index (κ1) is 21.2. The maximum atomic E-state index is 6.26. The Morgan fingerprint density at radius 1 is 1.25 bits per heavy atom. The molecule has 2 N–H and O–H groups in total. The number of fused-ring (bicyclic) bond motifs is 1. The molecule has 0 aromatic heterocycles. The molecule has 0 saturated heterocycles. The summed E-state index contributed by atoms with van der Waals surface area (Å²) in [6, 6.07) is 4.17. The van der Waals surface area contributed by atoms with E-state index in [9.17, 15) is 0 Å². The molecule has 1 heterocycles. The SMILES string of the molecule is CCNC(=NCc1cc(Cl)c2c(c1)OCCO2)NC(C)C(C)C.I. The van der Waals surface area contributed by atoms with Crippen LogP contribution in [0, 0.1) is 5.92 Å². The minimum Gasteiger partial charge on any atom is -0.486 e. The summed E-state index contributed by atoms with van der Waals surface area (Å²) >= 11 is 6.26. The highest BCUT2D eigenvalue weighted by molar-refractivity contribution is 14.0. The van der Waals surface area contributed by atoms with Gasteiger partial charge in [0.15, 0.2) is 17.5 Å². The number of nitrogens with one attached hydrogen (secondary N) is 2. The van der Waals surface area contributed by atoms with Crippen molar-refractivity contribution in [3.63, 3.8) is 0 Å². The van der Waals surface area contributed by atoms with Crippen LogP contribution in [0.4, 0.5) is 0 Å². The lowest BCUT2D eigenvalue weighted by Gasteiger charge is -2.21. The van der Waals surface area contributed by atoms with E-state index >= 15 is 0 Å². The molecule has 5 nitrogen and oxygen atoms in total. The summed E-state index contributed by atoms with van der Waals surface area (Å²) in [6.45, 7) is 11.0. The van der Waals surface area contributed by atoms with Crippen molar-refractivity contribution in [1.82, 2.24) is 10.6 Å². The highest BCUT2D eigenvalue weighted by Gasteiger charge is 2.16. The maximum absolute atomic E-state index is 6.26. The van der Waals surface area contributed by atoms with E-state index in [2.05, 4.69) is 43.3 Å².